The zero-order chi connectivity index (χ0) is 15.5. The molecule has 3 nitrogen and oxygen atoms in total. The van der Waals surface area contributed by atoms with E-state index in [1.165, 1.54) is 6.42 Å². The van der Waals surface area contributed by atoms with Crippen LogP contribution in [0.4, 0.5) is 0 Å². The summed E-state index contributed by atoms with van der Waals surface area (Å²) >= 11 is 0. The van der Waals surface area contributed by atoms with Crippen molar-refractivity contribution in [2.45, 2.75) is 52.6 Å². The van der Waals surface area contributed by atoms with Crippen molar-refractivity contribution in [3.05, 3.63) is 30.1 Å². The molecule has 0 amide bonds. The quantitative estimate of drug-likeness (QED) is 0.846. The average Bonchev–Trinajstić information content (AvgIpc) is 2.46. The number of aromatic nitrogens is 1. The summed E-state index contributed by atoms with van der Waals surface area (Å²) in [6.45, 7) is 7.78. The molecular formula is C18H27N3. The first kappa shape index (κ1) is 16.0. The smallest absolute Gasteiger partial charge is 0.0672 e. The zero-order valence-electron chi connectivity index (χ0n) is 13.7. The van der Waals surface area contributed by atoms with Gasteiger partial charge < -0.3 is 0 Å². The Bertz CT molecular complexity index is 483. The molecule has 1 aliphatic rings. The van der Waals surface area contributed by atoms with E-state index in [-0.39, 0.29) is 5.92 Å². The molecule has 2 rings (SSSR count). The van der Waals surface area contributed by atoms with E-state index < -0.39 is 0 Å². The van der Waals surface area contributed by atoms with Gasteiger partial charge >= 0.3 is 0 Å². The maximum absolute atomic E-state index is 9.47. The van der Waals surface area contributed by atoms with Crippen molar-refractivity contribution in [1.82, 2.24) is 9.88 Å². The van der Waals surface area contributed by atoms with Gasteiger partial charge in [-0.15, -0.1) is 0 Å². The summed E-state index contributed by atoms with van der Waals surface area (Å²) < 4.78 is 0. The Morgan fingerprint density at radius 2 is 2.10 bits per heavy atom. The Hall–Kier alpha value is -1.40. The van der Waals surface area contributed by atoms with Gasteiger partial charge in [0.05, 0.1) is 17.7 Å². The monoisotopic (exact) mass is 285 g/mol. The normalized spacial score (nSPS) is 26.6. The maximum atomic E-state index is 9.47. The first-order valence-corrected chi connectivity index (χ1v) is 7.91. The predicted octanol–water partition coefficient (Wildman–Crippen LogP) is 3.87. The molecule has 1 heterocycles. The number of pyridine rings is 1. The Balaban J connectivity index is 2.08. The second kappa shape index (κ2) is 6.58. The fourth-order valence-electron chi connectivity index (χ4n) is 3.44. The van der Waals surface area contributed by atoms with E-state index in [1.807, 2.05) is 18.3 Å². The standard InChI is InChI=1S/C18H27N3/c1-18(2,3)15-9-8-14(12-19)17(11-15)21(4)13-16-7-5-6-10-20-16/h5-7,10,14-15,17H,8-9,11,13H2,1-4H3. The predicted molar refractivity (Wildman–Crippen MR) is 85.4 cm³/mol. The third-order valence-corrected chi connectivity index (χ3v) is 4.91. The van der Waals surface area contributed by atoms with Crippen LogP contribution in [0.3, 0.4) is 0 Å². The third-order valence-electron chi connectivity index (χ3n) is 4.91. The van der Waals surface area contributed by atoms with Crippen molar-refractivity contribution in [2.24, 2.45) is 17.3 Å². The third kappa shape index (κ3) is 4.04. The summed E-state index contributed by atoms with van der Waals surface area (Å²) in [7, 11) is 2.13. The molecule has 3 atom stereocenters. The second-order valence-corrected chi connectivity index (χ2v) is 7.42. The van der Waals surface area contributed by atoms with E-state index in [0.717, 1.165) is 25.1 Å². The van der Waals surface area contributed by atoms with Gasteiger partial charge in [0.1, 0.15) is 0 Å². The number of nitriles is 1. The number of nitrogens with zero attached hydrogens (tertiary/aromatic N) is 3. The lowest BCUT2D eigenvalue weighted by Gasteiger charge is -2.43. The molecule has 0 spiro atoms. The zero-order valence-corrected chi connectivity index (χ0v) is 13.7. The minimum absolute atomic E-state index is 0.150. The van der Waals surface area contributed by atoms with E-state index in [4.69, 9.17) is 0 Å². The van der Waals surface area contributed by atoms with E-state index in [9.17, 15) is 5.26 Å². The molecule has 1 saturated carbocycles. The topological polar surface area (TPSA) is 39.9 Å². The van der Waals surface area contributed by atoms with E-state index in [0.29, 0.717) is 17.4 Å². The van der Waals surface area contributed by atoms with Crippen LogP contribution in [0, 0.1) is 28.6 Å². The van der Waals surface area contributed by atoms with Gasteiger partial charge in [0.2, 0.25) is 0 Å². The van der Waals surface area contributed by atoms with E-state index in [1.54, 1.807) is 0 Å². The lowest BCUT2D eigenvalue weighted by Crippen LogP contribution is -2.44. The maximum Gasteiger partial charge on any atom is 0.0672 e. The van der Waals surface area contributed by atoms with Gasteiger partial charge in [0, 0.05) is 18.8 Å². The largest absolute Gasteiger partial charge is 0.296 e. The molecule has 0 aliphatic heterocycles. The van der Waals surface area contributed by atoms with Crippen LogP contribution in [-0.2, 0) is 6.54 Å². The molecule has 21 heavy (non-hydrogen) atoms. The Kier molecular flexibility index (Phi) is 5.00. The molecule has 114 valence electrons. The van der Waals surface area contributed by atoms with Crippen molar-refractivity contribution in [3.8, 4) is 6.07 Å². The van der Waals surface area contributed by atoms with Crippen LogP contribution in [0.25, 0.3) is 0 Å². The SMILES string of the molecule is CN(Cc1ccccn1)C1CC(C(C)(C)C)CCC1C#N. The molecule has 3 heteroatoms. The van der Waals surface area contributed by atoms with Crippen LogP contribution in [0.2, 0.25) is 0 Å². The summed E-state index contributed by atoms with van der Waals surface area (Å²) in [6, 6.07) is 8.90. The Morgan fingerprint density at radius 3 is 2.67 bits per heavy atom. The van der Waals surface area contributed by atoms with Crippen LogP contribution in [0.15, 0.2) is 24.4 Å². The lowest BCUT2D eigenvalue weighted by molar-refractivity contribution is 0.0707. The van der Waals surface area contributed by atoms with Crippen LogP contribution in [-0.4, -0.2) is 23.0 Å². The van der Waals surface area contributed by atoms with Crippen LogP contribution in [0.1, 0.15) is 45.7 Å². The Labute approximate surface area is 129 Å². The van der Waals surface area contributed by atoms with Crippen LogP contribution in [0.5, 0.6) is 0 Å². The highest BCUT2D eigenvalue weighted by Gasteiger charge is 2.37. The first-order chi connectivity index (χ1) is 9.91. The highest BCUT2D eigenvalue weighted by atomic mass is 15.1. The van der Waals surface area contributed by atoms with Gasteiger partial charge in [-0.3, -0.25) is 9.88 Å². The molecule has 0 N–H and O–H groups in total. The minimum Gasteiger partial charge on any atom is -0.296 e. The molecule has 0 bridgehead atoms. The van der Waals surface area contributed by atoms with Gasteiger partial charge in [-0.25, -0.2) is 0 Å². The molecule has 1 aliphatic carbocycles. The minimum atomic E-state index is 0.150. The highest BCUT2D eigenvalue weighted by Crippen LogP contribution is 2.41. The molecule has 0 radical (unpaired) electrons. The summed E-state index contributed by atoms with van der Waals surface area (Å²) in [5.41, 5.74) is 1.40. The van der Waals surface area contributed by atoms with Crippen LogP contribution < -0.4 is 0 Å². The van der Waals surface area contributed by atoms with Gasteiger partial charge in [0.15, 0.2) is 0 Å². The summed E-state index contributed by atoms with van der Waals surface area (Å²) in [5, 5.41) is 9.47. The summed E-state index contributed by atoms with van der Waals surface area (Å²) in [4.78, 5) is 6.74. The highest BCUT2D eigenvalue weighted by molar-refractivity contribution is 5.05. The molecule has 3 unspecified atom stereocenters. The fraction of sp³-hybridized carbons (Fsp3) is 0.667. The molecule has 1 aromatic rings. The fourth-order valence-corrected chi connectivity index (χ4v) is 3.44. The first-order valence-electron chi connectivity index (χ1n) is 7.91. The lowest BCUT2D eigenvalue weighted by atomic mass is 9.68. The average molecular weight is 285 g/mol. The van der Waals surface area contributed by atoms with Crippen molar-refractivity contribution in [2.75, 3.05) is 7.05 Å². The molecule has 1 aromatic heterocycles. The summed E-state index contributed by atoms with van der Waals surface area (Å²) in [5.74, 6) is 0.843. The van der Waals surface area contributed by atoms with Crippen molar-refractivity contribution >= 4 is 0 Å². The van der Waals surface area contributed by atoms with Crippen LogP contribution >= 0.6 is 0 Å². The van der Waals surface area contributed by atoms with Gasteiger partial charge in [0.25, 0.3) is 0 Å². The van der Waals surface area contributed by atoms with Crippen molar-refractivity contribution in [1.29, 1.82) is 5.26 Å². The van der Waals surface area contributed by atoms with Gasteiger partial charge in [-0.05, 0) is 49.8 Å². The molecule has 1 fully saturated rings. The molecule has 0 saturated heterocycles. The number of rotatable bonds is 3. The van der Waals surface area contributed by atoms with Gasteiger partial charge in [-0.1, -0.05) is 26.8 Å². The Morgan fingerprint density at radius 1 is 1.33 bits per heavy atom. The van der Waals surface area contributed by atoms with Crippen molar-refractivity contribution < 1.29 is 0 Å². The number of hydrogen-bond acceptors (Lipinski definition) is 3. The molecular weight excluding hydrogens is 258 g/mol. The van der Waals surface area contributed by atoms with Crippen molar-refractivity contribution in [3.63, 3.8) is 0 Å². The van der Waals surface area contributed by atoms with E-state index >= 15 is 0 Å². The summed E-state index contributed by atoms with van der Waals surface area (Å²) in [6.07, 6.45) is 5.15. The number of hydrogen-bond donors (Lipinski definition) is 0. The van der Waals surface area contributed by atoms with Gasteiger partial charge in [-0.2, -0.15) is 5.26 Å². The second-order valence-electron chi connectivity index (χ2n) is 7.42. The molecule has 0 aromatic carbocycles. The van der Waals surface area contributed by atoms with E-state index in [2.05, 4.69) is 49.8 Å².